The summed E-state index contributed by atoms with van der Waals surface area (Å²) in [6, 6.07) is 0. The maximum absolute atomic E-state index is 12.9. The Kier molecular flexibility index (Phi) is 62.7. The van der Waals surface area contributed by atoms with E-state index in [4.69, 9.17) is 14.2 Å². The molecule has 6 nitrogen and oxygen atoms in total. The summed E-state index contributed by atoms with van der Waals surface area (Å²) >= 11 is 0. The highest BCUT2D eigenvalue weighted by Gasteiger charge is 2.19. The lowest BCUT2D eigenvalue weighted by atomic mass is 10.0. The monoisotopic (exact) mass is 1070 g/mol. The molecular weight excluding hydrogens is 949 g/mol. The van der Waals surface area contributed by atoms with Crippen molar-refractivity contribution >= 4 is 17.9 Å². The maximum Gasteiger partial charge on any atom is 0.306 e. The molecule has 446 valence electrons. The van der Waals surface area contributed by atoms with Crippen LogP contribution in [0.1, 0.15) is 342 Å². The second-order valence-electron chi connectivity index (χ2n) is 22.4. The minimum Gasteiger partial charge on any atom is -0.462 e. The molecule has 1 unspecified atom stereocenters. The first kappa shape index (κ1) is 73.8. The third kappa shape index (κ3) is 63.6. The molecule has 0 aliphatic rings. The topological polar surface area (TPSA) is 78.9 Å². The zero-order chi connectivity index (χ0) is 55.7. The molecule has 0 spiro atoms. The smallest absolute Gasteiger partial charge is 0.306 e. The Morgan fingerprint density at radius 1 is 0.273 bits per heavy atom. The van der Waals surface area contributed by atoms with Crippen molar-refractivity contribution in [3.05, 3.63) is 72.9 Å². The van der Waals surface area contributed by atoms with Crippen LogP contribution in [0.5, 0.6) is 0 Å². The van der Waals surface area contributed by atoms with Crippen molar-refractivity contribution in [1.82, 2.24) is 0 Å². The van der Waals surface area contributed by atoms with E-state index in [1.807, 2.05) is 0 Å². The molecular formula is C71H126O6. The Bertz CT molecular complexity index is 1420. The van der Waals surface area contributed by atoms with Crippen LogP contribution in [0, 0.1) is 0 Å². The van der Waals surface area contributed by atoms with Crippen LogP contribution in [-0.2, 0) is 28.6 Å². The van der Waals surface area contributed by atoms with Gasteiger partial charge < -0.3 is 14.2 Å². The van der Waals surface area contributed by atoms with E-state index in [9.17, 15) is 14.4 Å². The minimum atomic E-state index is -0.775. The third-order valence-corrected chi connectivity index (χ3v) is 14.7. The van der Waals surface area contributed by atoms with E-state index in [0.29, 0.717) is 19.3 Å². The molecule has 6 heteroatoms. The van der Waals surface area contributed by atoms with Crippen LogP contribution < -0.4 is 0 Å². The fourth-order valence-corrected chi connectivity index (χ4v) is 9.69. The highest BCUT2D eigenvalue weighted by Crippen LogP contribution is 2.18. The summed E-state index contributed by atoms with van der Waals surface area (Å²) in [6.45, 7) is 6.53. The van der Waals surface area contributed by atoms with Crippen LogP contribution in [0.15, 0.2) is 72.9 Å². The molecule has 0 N–H and O–H groups in total. The van der Waals surface area contributed by atoms with E-state index in [0.717, 1.165) is 96.3 Å². The van der Waals surface area contributed by atoms with Crippen LogP contribution in [0.25, 0.3) is 0 Å². The number of allylic oxidation sites excluding steroid dienone is 12. The number of carbonyl (C=O) groups excluding carboxylic acids is 3. The molecule has 0 amide bonds. The SMILES string of the molecule is CC/C=C\C/C=C\C/C=C\C/C=C\C/C=C\CCCCCCCCCCCCCCCCCC(=O)OCC(COC(=O)CCCCCCC/C=C\CCCC)OC(=O)CCCCCCCCCCCCCCCCCCC. The third-order valence-electron chi connectivity index (χ3n) is 14.7. The first-order chi connectivity index (χ1) is 38.0. The van der Waals surface area contributed by atoms with E-state index >= 15 is 0 Å². The molecule has 0 rings (SSSR count). The predicted octanol–water partition coefficient (Wildman–Crippen LogP) is 22.9. The minimum absolute atomic E-state index is 0.0732. The number of carbonyl (C=O) groups is 3. The van der Waals surface area contributed by atoms with Gasteiger partial charge in [0.15, 0.2) is 6.10 Å². The van der Waals surface area contributed by atoms with E-state index in [2.05, 4.69) is 93.7 Å². The molecule has 0 heterocycles. The molecule has 0 radical (unpaired) electrons. The number of ether oxygens (including phenoxy) is 3. The zero-order valence-corrected chi connectivity index (χ0v) is 51.2. The molecule has 0 aliphatic heterocycles. The van der Waals surface area contributed by atoms with Crippen LogP contribution in [-0.4, -0.2) is 37.2 Å². The van der Waals surface area contributed by atoms with Gasteiger partial charge in [-0.05, 0) is 83.5 Å². The standard InChI is InChI=1S/C71H126O6/c1-4-7-10-13-16-19-22-24-26-28-29-30-31-32-33-34-35-36-37-38-39-40-41-43-44-46-49-52-55-58-61-64-70(73)76-67-68(66-75-69(72)63-60-57-54-51-48-21-18-15-12-9-6-3)77-71(74)65-62-59-56-53-50-47-45-42-27-25-23-20-17-14-11-8-5-2/h7,10,15-16,18-19,24,26,29-30,32-33,68H,4-6,8-9,11-14,17,20-23,25,27-28,31,34-67H2,1-3H3/b10-7-,18-15-,19-16-,26-24-,30-29-,33-32-. The summed E-state index contributed by atoms with van der Waals surface area (Å²) in [6.07, 6.45) is 85.0. The second-order valence-corrected chi connectivity index (χ2v) is 22.4. The molecule has 0 aromatic carbocycles. The van der Waals surface area contributed by atoms with Gasteiger partial charge in [-0.3, -0.25) is 14.4 Å². The molecule has 0 aliphatic carbocycles. The van der Waals surface area contributed by atoms with Gasteiger partial charge in [-0.15, -0.1) is 0 Å². The molecule has 1 atom stereocenters. The van der Waals surface area contributed by atoms with Gasteiger partial charge >= 0.3 is 17.9 Å². The van der Waals surface area contributed by atoms with Gasteiger partial charge in [0, 0.05) is 19.3 Å². The Hall–Kier alpha value is -3.15. The quantitative estimate of drug-likeness (QED) is 0.0261. The fraction of sp³-hybridized carbons (Fsp3) is 0.789. The first-order valence-corrected chi connectivity index (χ1v) is 33.4. The van der Waals surface area contributed by atoms with Crippen molar-refractivity contribution in [1.29, 1.82) is 0 Å². The summed E-state index contributed by atoms with van der Waals surface area (Å²) in [7, 11) is 0. The highest BCUT2D eigenvalue weighted by molar-refractivity contribution is 5.71. The summed E-state index contributed by atoms with van der Waals surface area (Å²) in [4.78, 5) is 38.3. The Balaban J connectivity index is 4.15. The van der Waals surface area contributed by atoms with Crippen molar-refractivity contribution in [2.75, 3.05) is 13.2 Å². The van der Waals surface area contributed by atoms with Gasteiger partial charge in [-0.25, -0.2) is 0 Å². The van der Waals surface area contributed by atoms with Crippen LogP contribution in [0.4, 0.5) is 0 Å². The molecule has 0 aromatic heterocycles. The number of unbranched alkanes of at least 4 members (excludes halogenated alkanes) is 38. The summed E-state index contributed by atoms with van der Waals surface area (Å²) < 4.78 is 16.9. The van der Waals surface area contributed by atoms with Crippen molar-refractivity contribution in [2.24, 2.45) is 0 Å². The lowest BCUT2D eigenvalue weighted by Crippen LogP contribution is -2.30. The molecule has 0 saturated carbocycles. The summed E-state index contributed by atoms with van der Waals surface area (Å²) in [5.41, 5.74) is 0. The first-order valence-electron chi connectivity index (χ1n) is 33.4. The molecule has 0 fully saturated rings. The van der Waals surface area contributed by atoms with Gasteiger partial charge in [-0.2, -0.15) is 0 Å². The van der Waals surface area contributed by atoms with Crippen LogP contribution >= 0.6 is 0 Å². The lowest BCUT2D eigenvalue weighted by molar-refractivity contribution is -0.167. The molecule has 0 bridgehead atoms. The predicted molar refractivity (Wildman–Crippen MR) is 335 cm³/mol. The largest absolute Gasteiger partial charge is 0.462 e. The number of rotatable bonds is 61. The van der Waals surface area contributed by atoms with E-state index in [1.165, 1.54) is 205 Å². The van der Waals surface area contributed by atoms with Gasteiger partial charge in [-0.1, -0.05) is 312 Å². The molecule has 77 heavy (non-hydrogen) atoms. The van der Waals surface area contributed by atoms with Crippen molar-refractivity contribution in [3.63, 3.8) is 0 Å². The highest BCUT2D eigenvalue weighted by atomic mass is 16.6. The average molecular weight is 1080 g/mol. The van der Waals surface area contributed by atoms with Crippen LogP contribution in [0.2, 0.25) is 0 Å². The number of esters is 3. The zero-order valence-electron chi connectivity index (χ0n) is 51.2. The van der Waals surface area contributed by atoms with Crippen molar-refractivity contribution in [2.45, 2.75) is 348 Å². The number of hydrogen-bond acceptors (Lipinski definition) is 6. The van der Waals surface area contributed by atoms with Gasteiger partial charge in [0.05, 0.1) is 0 Å². The Morgan fingerprint density at radius 3 is 0.844 bits per heavy atom. The number of hydrogen-bond donors (Lipinski definition) is 0. The van der Waals surface area contributed by atoms with Gasteiger partial charge in [0.1, 0.15) is 13.2 Å². The molecule has 0 aromatic rings. The van der Waals surface area contributed by atoms with Gasteiger partial charge in [0.25, 0.3) is 0 Å². The summed E-state index contributed by atoms with van der Waals surface area (Å²) in [5, 5.41) is 0. The van der Waals surface area contributed by atoms with Crippen molar-refractivity contribution < 1.29 is 28.6 Å². The van der Waals surface area contributed by atoms with E-state index in [-0.39, 0.29) is 31.1 Å². The van der Waals surface area contributed by atoms with Gasteiger partial charge in [0.2, 0.25) is 0 Å². The second kappa shape index (κ2) is 65.4. The van der Waals surface area contributed by atoms with E-state index in [1.54, 1.807) is 0 Å². The Labute approximate surface area is 478 Å². The molecule has 0 saturated heterocycles. The fourth-order valence-electron chi connectivity index (χ4n) is 9.69. The van der Waals surface area contributed by atoms with E-state index < -0.39 is 6.10 Å². The van der Waals surface area contributed by atoms with Crippen molar-refractivity contribution in [3.8, 4) is 0 Å². The maximum atomic E-state index is 12.9. The normalized spacial score (nSPS) is 12.5. The summed E-state index contributed by atoms with van der Waals surface area (Å²) in [5.74, 6) is -0.864. The lowest BCUT2D eigenvalue weighted by Gasteiger charge is -2.18. The average Bonchev–Trinajstić information content (AvgIpc) is 3.43. The van der Waals surface area contributed by atoms with Crippen LogP contribution in [0.3, 0.4) is 0 Å². The Morgan fingerprint density at radius 2 is 0.519 bits per heavy atom.